The fourth-order valence-electron chi connectivity index (χ4n) is 4.12. The van der Waals surface area contributed by atoms with Crippen molar-refractivity contribution in [1.82, 2.24) is 0 Å². The van der Waals surface area contributed by atoms with Gasteiger partial charge in [0.05, 0.1) is 26.6 Å². The Hall–Kier alpha value is -4.86. The van der Waals surface area contributed by atoms with E-state index >= 15 is 0 Å². The number of benzene rings is 4. The molecule has 0 aliphatic heterocycles. The molecule has 0 spiro atoms. The zero-order valence-corrected chi connectivity index (χ0v) is 27.1. The van der Waals surface area contributed by atoms with Crippen molar-refractivity contribution in [2.75, 3.05) is 5.73 Å². The number of azo groups is 2. The van der Waals surface area contributed by atoms with Crippen molar-refractivity contribution in [2.24, 2.45) is 20.5 Å². The van der Waals surface area contributed by atoms with E-state index in [1.54, 1.807) is 0 Å². The molecule has 0 aromatic heterocycles. The Bertz CT molecular complexity index is 2510. The lowest BCUT2D eigenvalue weighted by Gasteiger charge is -2.12. The third-order valence-corrected chi connectivity index (χ3v) is 11.0. The molecule has 0 saturated carbocycles. The van der Waals surface area contributed by atoms with Crippen LogP contribution in [0.25, 0.3) is 10.8 Å². The van der Waals surface area contributed by atoms with Crippen molar-refractivity contribution in [3.05, 3.63) is 84.1 Å². The predicted octanol–water partition coefficient (Wildman–Crippen LogP) is 5.59. The van der Waals surface area contributed by atoms with Gasteiger partial charge in [-0.15, -0.1) is 15.3 Å². The number of hydrogen-bond donors (Lipinski definition) is 4. The van der Waals surface area contributed by atoms with Gasteiger partial charge in [0.1, 0.15) is 26.9 Å². The van der Waals surface area contributed by atoms with Gasteiger partial charge in [0.2, 0.25) is 0 Å². The van der Waals surface area contributed by atoms with Crippen LogP contribution >= 0.6 is 0 Å². The number of fused-ring (bicyclic) bond motifs is 1. The summed E-state index contributed by atoms with van der Waals surface area (Å²) in [5, 5.41) is 27.5. The van der Waals surface area contributed by atoms with E-state index in [2.05, 4.69) is 33.6 Å². The Morgan fingerprint density at radius 1 is 0.660 bits per heavy atom. The summed E-state index contributed by atoms with van der Waals surface area (Å²) in [6.45, 7) is 7.91. The molecule has 0 amide bonds. The number of sulfone groups is 2. The van der Waals surface area contributed by atoms with Gasteiger partial charge in [0.25, 0.3) is 20.2 Å². The van der Waals surface area contributed by atoms with Gasteiger partial charge in [-0.3, -0.25) is 9.11 Å². The van der Waals surface area contributed by atoms with Gasteiger partial charge in [0, 0.05) is 10.8 Å². The van der Waals surface area contributed by atoms with Crippen molar-refractivity contribution >= 4 is 79.1 Å². The number of rotatable bonds is 10. The first kappa shape index (κ1) is 35.0. The van der Waals surface area contributed by atoms with E-state index in [-0.39, 0.29) is 27.0 Å². The molecule has 0 fully saturated rings. The van der Waals surface area contributed by atoms with E-state index in [0.717, 1.165) is 29.7 Å². The van der Waals surface area contributed by atoms with Crippen molar-refractivity contribution < 1.29 is 47.9 Å². The number of phenols is 1. The highest BCUT2D eigenvalue weighted by Gasteiger charge is 2.24. The smallest absolute Gasteiger partial charge is 0.296 e. The minimum absolute atomic E-state index is 0.0155. The van der Waals surface area contributed by atoms with E-state index in [0.29, 0.717) is 17.0 Å². The molecule has 0 bridgehead atoms. The summed E-state index contributed by atoms with van der Waals surface area (Å²) in [5.74, 6) is -0.698. The molecule has 0 unspecified atom stereocenters. The van der Waals surface area contributed by atoms with Gasteiger partial charge in [0.15, 0.2) is 25.4 Å². The third kappa shape index (κ3) is 7.11. The maximum absolute atomic E-state index is 12.3. The molecule has 47 heavy (non-hydrogen) atoms. The van der Waals surface area contributed by atoms with E-state index in [4.69, 9.17) is 5.73 Å². The standard InChI is InChI=1S/C27H23N5O11S4/c1-4-44(34,35)17-7-10-19(15(3)12-17)29-32-26-23(47(41,42)43)13-16-6-9-21(27(33)24(16)25(26)28)31-30-20-11-8-18(45(36,37)5-2)14-22(20)46(38,39)40/h4-14,33H,1-2,28H2,3H3,(H,38,39,40)(H,41,42,43). The molecule has 4 aromatic rings. The number of nitrogen functional groups attached to an aromatic ring is 1. The van der Waals surface area contributed by atoms with Crippen LogP contribution in [0, 0.1) is 6.92 Å². The predicted molar refractivity (Wildman–Crippen MR) is 170 cm³/mol. The van der Waals surface area contributed by atoms with Crippen LogP contribution in [-0.4, -0.2) is 47.9 Å². The van der Waals surface area contributed by atoms with Crippen molar-refractivity contribution in [3.8, 4) is 5.75 Å². The lowest BCUT2D eigenvalue weighted by Crippen LogP contribution is -2.02. The molecule has 4 aromatic carbocycles. The first-order valence-corrected chi connectivity index (χ1v) is 18.5. The molecule has 4 rings (SSSR count). The molecule has 0 radical (unpaired) electrons. The van der Waals surface area contributed by atoms with Gasteiger partial charge in [-0.05, 0) is 66.4 Å². The van der Waals surface area contributed by atoms with Crippen LogP contribution in [0.4, 0.5) is 28.4 Å². The number of phenolic OH excluding ortho intramolecular Hbond substituents is 1. The highest BCUT2D eigenvalue weighted by atomic mass is 32.2. The number of nitrogens with zero attached hydrogens (tertiary/aromatic N) is 4. The molecule has 246 valence electrons. The van der Waals surface area contributed by atoms with Crippen molar-refractivity contribution in [3.63, 3.8) is 0 Å². The second kappa shape index (κ2) is 12.4. The highest BCUT2D eigenvalue weighted by Crippen LogP contribution is 2.46. The van der Waals surface area contributed by atoms with Crippen LogP contribution < -0.4 is 5.73 Å². The molecular formula is C27H23N5O11S4. The molecule has 16 nitrogen and oxygen atoms in total. The van der Waals surface area contributed by atoms with Gasteiger partial charge < -0.3 is 10.8 Å². The lowest BCUT2D eigenvalue weighted by atomic mass is 10.1. The van der Waals surface area contributed by atoms with Crippen molar-refractivity contribution in [1.29, 1.82) is 0 Å². The van der Waals surface area contributed by atoms with Gasteiger partial charge >= 0.3 is 0 Å². The molecule has 20 heteroatoms. The SMILES string of the molecule is C=CS(=O)(=O)c1ccc(N=Nc2c(S(=O)(=O)O)cc3ccc(N=Nc4ccc(S(=O)(=O)C=C)cc4S(=O)(=O)O)c(O)c3c2N)c(C)c1. The van der Waals surface area contributed by atoms with E-state index < -0.39 is 77.4 Å². The second-order valence-electron chi connectivity index (χ2n) is 9.52. The third-order valence-electron chi connectivity index (χ3n) is 6.51. The molecule has 0 saturated heterocycles. The lowest BCUT2D eigenvalue weighted by molar-refractivity contribution is 0.480. The maximum atomic E-state index is 12.3. The molecule has 0 atom stereocenters. The minimum atomic E-state index is -5.02. The van der Waals surface area contributed by atoms with Crippen LogP contribution in [0.2, 0.25) is 0 Å². The van der Waals surface area contributed by atoms with Crippen LogP contribution in [0.5, 0.6) is 5.75 Å². The monoisotopic (exact) mass is 721 g/mol. The van der Waals surface area contributed by atoms with E-state index in [1.807, 2.05) is 0 Å². The number of hydrogen-bond acceptors (Lipinski definition) is 14. The normalized spacial score (nSPS) is 13.0. The minimum Gasteiger partial charge on any atom is -0.505 e. The maximum Gasteiger partial charge on any atom is 0.296 e. The Balaban J connectivity index is 1.88. The summed E-state index contributed by atoms with van der Waals surface area (Å²) in [5.41, 5.74) is 4.69. The van der Waals surface area contributed by atoms with Crippen molar-refractivity contribution in [2.45, 2.75) is 26.5 Å². The first-order chi connectivity index (χ1) is 21.7. The average molecular weight is 722 g/mol. The Kier molecular flexibility index (Phi) is 9.23. The summed E-state index contributed by atoms with van der Waals surface area (Å²) in [6.07, 6.45) is 0. The van der Waals surface area contributed by atoms with Gasteiger partial charge in [-0.25, -0.2) is 16.8 Å². The number of aromatic hydroxyl groups is 1. The quantitative estimate of drug-likeness (QED) is 0.0885. The van der Waals surface area contributed by atoms with Crippen LogP contribution in [0.1, 0.15) is 5.56 Å². The van der Waals surface area contributed by atoms with Gasteiger partial charge in [-0.1, -0.05) is 19.2 Å². The van der Waals surface area contributed by atoms with Gasteiger partial charge in [-0.2, -0.15) is 21.9 Å². The topological polar surface area (TPSA) is 273 Å². The molecule has 0 aliphatic carbocycles. The van der Waals surface area contributed by atoms with E-state index in [9.17, 15) is 47.9 Å². The highest BCUT2D eigenvalue weighted by molar-refractivity contribution is 7.94. The summed E-state index contributed by atoms with van der Waals surface area (Å²) in [6, 6.07) is 9.67. The fourth-order valence-corrected chi connectivity index (χ4v) is 7.04. The molecule has 5 N–H and O–H groups in total. The van der Waals surface area contributed by atoms with E-state index in [1.165, 1.54) is 31.2 Å². The summed E-state index contributed by atoms with van der Waals surface area (Å²) >= 11 is 0. The first-order valence-electron chi connectivity index (χ1n) is 12.6. The zero-order chi connectivity index (χ0) is 35.1. The van der Waals surface area contributed by atoms with Crippen LogP contribution in [0.15, 0.2) is 119 Å². The summed E-state index contributed by atoms with van der Waals surface area (Å²) in [4.78, 5) is -2.30. The number of anilines is 1. The summed E-state index contributed by atoms with van der Waals surface area (Å²) in [7, 11) is -17.9. The second-order valence-corrected chi connectivity index (χ2v) is 16.1. The zero-order valence-electron chi connectivity index (χ0n) is 23.9. The Morgan fingerprint density at radius 2 is 1.15 bits per heavy atom. The van der Waals surface area contributed by atoms with Crippen LogP contribution in [-0.2, 0) is 39.9 Å². The Morgan fingerprint density at radius 3 is 1.68 bits per heavy atom. The number of nitrogens with two attached hydrogens (primary N) is 1. The Labute approximate surface area is 268 Å². The molecular weight excluding hydrogens is 699 g/mol. The largest absolute Gasteiger partial charge is 0.505 e. The fraction of sp³-hybridized carbons (Fsp3) is 0.0370. The molecule has 0 heterocycles. The summed E-state index contributed by atoms with van der Waals surface area (Å²) < 4.78 is 116. The number of aryl methyl sites for hydroxylation is 1. The average Bonchev–Trinajstić information content (AvgIpc) is 2.99. The molecule has 0 aliphatic rings. The van der Waals surface area contributed by atoms with Crippen LogP contribution in [0.3, 0.4) is 0 Å².